The van der Waals surface area contributed by atoms with Crippen molar-refractivity contribution in [1.82, 2.24) is 15.6 Å². The molecule has 0 saturated heterocycles. The normalized spacial score (nSPS) is 11.0. The molecule has 0 aliphatic rings. The van der Waals surface area contributed by atoms with Gasteiger partial charge in [-0.25, -0.2) is 5.43 Å². The minimum Gasteiger partial charge on any atom is -0.507 e. The largest absolute Gasteiger partial charge is 0.507 e. The van der Waals surface area contributed by atoms with Gasteiger partial charge in [0, 0.05) is 22.2 Å². The molecule has 1 aromatic heterocycles. The second-order valence-corrected chi connectivity index (χ2v) is 5.82. The van der Waals surface area contributed by atoms with Gasteiger partial charge in [-0.1, -0.05) is 15.9 Å². The average Bonchev–Trinajstić information content (AvgIpc) is 2.79. The highest BCUT2D eigenvalue weighted by molar-refractivity contribution is 9.10. The number of carbonyl (C=O) groups is 1. The number of phenolic OH excluding ortho intramolecular Hbond substituents is 1. The Bertz CT molecular complexity index is 690. The molecule has 3 N–H and O–H groups in total. The molecule has 1 heterocycles. The van der Waals surface area contributed by atoms with Crippen LogP contribution in [0.3, 0.4) is 0 Å². The van der Waals surface area contributed by atoms with Crippen molar-refractivity contribution < 1.29 is 9.90 Å². The molecular weight excluding hydrogens is 348 g/mol. The predicted octanol–water partition coefficient (Wildman–Crippen LogP) is 2.58. The van der Waals surface area contributed by atoms with Gasteiger partial charge >= 0.3 is 0 Å². The molecule has 2 rings (SSSR count). The molecule has 0 unspecified atom stereocenters. The highest BCUT2D eigenvalue weighted by Crippen LogP contribution is 2.19. The van der Waals surface area contributed by atoms with E-state index >= 15 is 0 Å². The summed E-state index contributed by atoms with van der Waals surface area (Å²) in [4.78, 5) is 11.8. The molecule has 22 heavy (non-hydrogen) atoms. The summed E-state index contributed by atoms with van der Waals surface area (Å²) in [6, 6.07) is 4.99. The molecule has 116 valence electrons. The third-order valence-electron chi connectivity index (χ3n) is 3.27. The van der Waals surface area contributed by atoms with Gasteiger partial charge in [-0.3, -0.25) is 9.89 Å². The number of halogens is 1. The van der Waals surface area contributed by atoms with E-state index in [2.05, 4.69) is 36.7 Å². The lowest BCUT2D eigenvalue weighted by Gasteiger charge is -2.02. The van der Waals surface area contributed by atoms with E-state index in [1.54, 1.807) is 18.2 Å². The number of rotatable bonds is 5. The minimum absolute atomic E-state index is 0.103. The zero-order valence-corrected chi connectivity index (χ0v) is 13.9. The summed E-state index contributed by atoms with van der Waals surface area (Å²) in [6.45, 7) is 3.84. The van der Waals surface area contributed by atoms with Crippen LogP contribution >= 0.6 is 15.9 Å². The van der Waals surface area contributed by atoms with Gasteiger partial charge in [0.2, 0.25) is 5.91 Å². The van der Waals surface area contributed by atoms with Crippen LogP contribution in [0.1, 0.15) is 28.9 Å². The van der Waals surface area contributed by atoms with Crippen molar-refractivity contribution in [2.24, 2.45) is 5.10 Å². The molecule has 0 saturated carbocycles. The van der Waals surface area contributed by atoms with Crippen LogP contribution in [-0.2, 0) is 11.2 Å². The van der Waals surface area contributed by atoms with E-state index in [9.17, 15) is 9.90 Å². The van der Waals surface area contributed by atoms with E-state index in [1.807, 2.05) is 13.8 Å². The molecule has 0 bridgehead atoms. The van der Waals surface area contributed by atoms with Crippen LogP contribution in [0.2, 0.25) is 0 Å². The Morgan fingerprint density at radius 2 is 2.27 bits per heavy atom. The van der Waals surface area contributed by atoms with Crippen molar-refractivity contribution in [3.8, 4) is 5.75 Å². The SMILES string of the molecule is Cc1n[nH]c(C)c1CCC(=O)N/N=C\c1cc(Br)ccc1O. The lowest BCUT2D eigenvalue weighted by Crippen LogP contribution is -2.18. The van der Waals surface area contributed by atoms with E-state index in [4.69, 9.17) is 0 Å². The maximum Gasteiger partial charge on any atom is 0.240 e. The average molecular weight is 365 g/mol. The predicted molar refractivity (Wildman–Crippen MR) is 87.9 cm³/mol. The Morgan fingerprint density at radius 3 is 2.95 bits per heavy atom. The Hall–Kier alpha value is -2.15. The van der Waals surface area contributed by atoms with Crippen molar-refractivity contribution in [3.05, 3.63) is 45.2 Å². The summed E-state index contributed by atoms with van der Waals surface area (Å²) in [5.74, 6) is -0.0865. The van der Waals surface area contributed by atoms with Crippen LogP contribution < -0.4 is 5.43 Å². The van der Waals surface area contributed by atoms with Crippen molar-refractivity contribution in [3.63, 3.8) is 0 Å². The summed E-state index contributed by atoms with van der Waals surface area (Å²) in [5.41, 5.74) is 5.93. The molecule has 0 spiro atoms. The quantitative estimate of drug-likeness (QED) is 0.562. The monoisotopic (exact) mass is 364 g/mol. The van der Waals surface area contributed by atoms with Crippen molar-refractivity contribution in [2.75, 3.05) is 0 Å². The van der Waals surface area contributed by atoms with E-state index < -0.39 is 0 Å². The molecule has 1 aromatic carbocycles. The Morgan fingerprint density at radius 1 is 1.50 bits per heavy atom. The molecule has 1 amide bonds. The fourth-order valence-corrected chi connectivity index (χ4v) is 2.42. The minimum atomic E-state index is -0.189. The number of aryl methyl sites for hydroxylation is 2. The zero-order chi connectivity index (χ0) is 16.1. The van der Waals surface area contributed by atoms with E-state index in [0.717, 1.165) is 21.4 Å². The molecule has 0 aliphatic heterocycles. The fourth-order valence-electron chi connectivity index (χ4n) is 2.04. The van der Waals surface area contributed by atoms with Crippen molar-refractivity contribution in [1.29, 1.82) is 0 Å². The number of nitrogens with one attached hydrogen (secondary N) is 2. The second-order valence-electron chi connectivity index (χ2n) is 4.91. The topological polar surface area (TPSA) is 90.4 Å². The van der Waals surface area contributed by atoms with Gasteiger partial charge < -0.3 is 5.11 Å². The van der Waals surface area contributed by atoms with E-state index in [1.165, 1.54) is 6.21 Å². The fraction of sp³-hybridized carbons (Fsp3) is 0.267. The van der Waals surface area contributed by atoms with Crippen LogP contribution in [0.25, 0.3) is 0 Å². The van der Waals surface area contributed by atoms with Crippen LogP contribution in [0.4, 0.5) is 0 Å². The Balaban J connectivity index is 1.88. The summed E-state index contributed by atoms with van der Waals surface area (Å²) in [5, 5.41) is 20.5. The van der Waals surface area contributed by atoms with Crippen molar-refractivity contribution in [2.45, 2.75) is 26.7 Å². The number of aromatic amines is 1. The molecule has 0 atom stereocenters. The molecule has 2 aromatic rings. The first-order valence-electron chi connectivity index (χ1n) is 6.78. The number of hydrazone groups is 1. The molecular formula is C15H17BrN4O2. The number of aromatic nitrogens is 2. The van der Waals surface area contributed by atoms with Gasteiger partial charge in [0.1, 0.15) is 5.75 Å². The lowest BCUT2D eigenvalue weighted by molar-refractivity contribution is -0.121. The van der Waals surface area contributed by atoms with E-state index in [-0.39, 0.29) is 11.7 Å². The van der Waals surface area contributed by atoms with Crippen LogP contribution in [0.5, 0.6) is 5.75 Å². The number of hydrogen-bond acceptors (Lipinski definition) is 4. The first-order valence-corrected chi connectivity index (χ1v) is 7.57. The van der Waals surface area contributed by atoms with E-state index in [0.29, 0.717) is 18.4 Å². The smallest absolute Gasteiger partial charge is 0.240 e. The summed E-state index contributed by atoms with van der Waals surface area (Å²) in [6.07, 6.45) is 2.34. The van der Waals surface area contributed by atoms with Gasteiger partial charge in [-0.2, -0.15) is 10.2 Å². The standard InChI is InChI=1S/C15H17BrN4O2/c1-9-13(10(2)19-18-9)4-6-15(22)20-17-8-11-7-12(16)3-5-14(11)21/h3,5,7-8,21H,4,6H2,1-2H3,(H,18,19)(H,20,22)/b17-8-. The highest BCUT2D eigenvalue weighted by atomic mass is 79.9. The number of carbonyl (C=O) groups excluding carboxylic acids is 1. The zero-order valence-electron chi connectivity index (χ0n) is 12.4. The van der Waals surface area contributed by atoms with Gasteiger partial charge in [-0.15, -0.1) is 0 Å². The third kappa shape index (κ3) is 4.17. The summed E-state index contributed by atoms with van der Waals surface area (Å²) >= 11 is 3.31. The first-order chi connectivity index (χ1) is 10.5. The maximum atomic E-state index is 11.8. The van der Waals surface area contributed by atoms with Crippen molar-refractivity contribution >= 4 is 28.1 Å². The Kier molecular flexibility index (Phi) is 5.32. The number of benzene rings is 1. The molecule has 0 fully saturated rings. The van der Waals surface area contributed by atoms with Crippen LogP contribution in [0, 0.1) is 13.8 Å². The summed E-state index contributed by atoms with van der Waals surface area (Å²) in [7, 11) is 0. The maximum absolute atomic E-state index is 11.8. The van der Waals surface area contributed by atoms with Gasteiger partial charge in [0.25, 0.3) is 0 Å². The van der Waals surface area contributed by atoms with Gasteiger partial charge in [0.05, 0.1) is 11.9 Å². The van der Waals surface area contributed by atoms with Gasteiger partial charge in [0.15, 0.2) is 0 Å². The number of H-pyrrole nitrogens is 1. The molecule has 6 nitrogen and oxygen atoms in total. The molecule has 0 aliphatic carbocycles. The lowest BCUT2D eigenvalue weighted by atomic mass is 10.1. The van der Waals surface area contributed by atoms with Crippen LogP contribution in [-0.4, -0.2) is 27.4 Å². The number of amides is 1. The number of hydrogen-bond donors (Lipinski definition) is 3. The third-order valence-corrected chi connectivity index (χ3v) is 3.76. The first kappa shape index (κ1) is 16.2. The number of phenols is 1. The number of nitrogens with zero attached hydrogens (tertiary/aromatic N) is 2. The van der Waals surface area contributed by atoms with Gasteiger partial charge in [-0.05, 0) is 44.0 Å². The van der Waals surface area contributed by atoms with Crippen LogP contribution in [0.15, 0.2) is 27.8 Å². The second kappa shape index (κ2) is 7.22. The molecule has 7 heteroatoms. The molecule has 0 radical (unpaired) electrons. The summed E-state index contributed by atoms with van der Waals surface area (Å²) < 4.78 is 0.823. The number of aromatic hydroxyl groups is 1. The Labute approximate surface area is 136 Å². The highest BCUT2D eigenvalue weighted by Gasteiger charge is 2.08.